The maximum atomic E-state index is 12.2. The summed E-state index contributed by atoms with van der Waals surface area (Å²) < 4.78 is 5.43. The Morgan fingerprint density at radius 1 is 1.33 bits per heavy atom. The van der Waals surface area contributed by atoms with E-state index in [0.29, 0.717) is 13.1 Å². The van der Waals surface area contributed by atoms with Crippen molar-refractivity contribution in [1.82, 2.24) is 15.1 Å². The number of carbonyl (C=O) groups is 3. The fraction of sp³-hybridized carbons (Fsp3) is 0.786. The van der Waals surface area contributed by atoms with Gasteiger partial charge in [0.2, 0.25) is 5.91 Å². The molecule has 2 rings (SSSR count). The lowest BCUT2D eigenvalue weighted by Crippen LogP contribution is -2.44. The lowest BCUT2D eigenvalue weighted by Gasteiger charge is -2.28. The van der Waals surface area contributed by atoms with Gasteiger partial charge in [-0.25, -0.2) is 4.79 Å². The van der Waals surface area contributed by atoms with E-state index in [1.165, 1.54) is 4.90 Å². The van der Waals surface area contributed by atoms with Crippen LogP contribution in [0.2, 0.25) is 0 Å². The van der Waals surface area contributed by atoms with Gasteiger partial charge in [-0.1, -0.05) is 0 Å². The lowest BCUT2D eigenvalue weighted by molar-refractivity contribution is -0.160. The molecule has 0 bridgehead atoms. The first-order valence-corrected chi connectivity index (χ1v) is 7.33. The van der Waals surface area contributed by atoms with E-state index in [4.69, 9.17) is 4.74 Å². The van der Waals surface area contributed by atoms with Crippen LogP contribution >= 0.6 is 0 Å². The van der Waals surface area contributed by atoms with Crippen molar-refractivity contribution in [2.24, 2.45) is 0 Å². The van der Waals surface area contributed by atoms with E-state index in [-0.39, 0.29) is 30.5 Å². The molecule has 2 aliphatic heterocycles. The molecule has 3 amide bonds. The molecule has 0 aliphatic carbocycles. The Balaban J connectivity index is 1.89. The summed E-state index contributed by atoms with van der Waals surface area (Å²) in [6.07, 6.45) is 1.68. The van der Waals surface area contributed by atoms with Crippen molar-refractivity contribution < 1.29 is 19.1 Å². The first-order chi connectivity index (χ1) is 9.78. The van der Waals surface area contributed by atoms with Crippen molar-refractivity contribution in [1.29, 1.82) is 0 Å². The zero-order valence-corrected chi connectivity index (χ0v) is 12.8. The molecular formula is C14H23N3O4. The molecule has 21 heavy (non-hydrogen) atoms. The second-order valence-electron chi connectivity index (χ2n) is 6.43. The number of hydrogen-bond acceptors (Lipinski definition) is 5. The summed E-state index contributed by atoms with van der Waals surface area (Å²) in [5, 5.41) is 2.49. The molecule has 0 aromatic heterocycles. The van der Waals surface area contributed by atoms with Crippen molar-refractivity contribution in [3.63, 3.8) is 0 Å². The second-order valence-corrected chi connectivity index (χ2v) is 6.43. The third-order valence-corrected chi connectivity index (χ3v) is 3.59. The van der Waals surface area contributed by atoms with Crippen LogP contribution in [0.15, 0.2) is 0 Å². The normalized spacial score (nSPS) is 23.6. The number of imide groups is 1. The molecule has 1 N–H and O–H groups in total. The molecule has 0 unspecified atom stereocenters. The Kier molecular flexibility index (Phi) is 4.51. The number of amides is 3. The van der Waals surface area contributed by atoms with Crippen molar-refractivity contribution in [2.45, 2.75) is 45.3 Å². The molecule has 0 saturated carbocycles. The summed E-state index contributed by atoms with van der Waals surface area (Å²) in [5.41, 5.74) is -0.504. The van der Waals surface area contributed by atoms with E-state index in [1.807, 2.05) is 25.7 Å². The van der Waals surface area contributed by atoms with E-state index in [1.54, 1.807) is 0 Å². The van der Waals surface area contributed by atoms with Crippen molar-refractivity contribution in [3.05, 3.63) is 0 Å². The van der Waals surface area contributed by atoms with E-state index >= 15 is 0 Å². The predicted octanol–water partition coefficient (Wildman–Crippen LogP) is 0.344. The van der Waals surface area contributed by atoms with Crippen LogP contribution in [0.1, 0.15) is 33.6 Å². The van der Waals surface area contributed by atoms with E-state index in [9.17, 15) is 14.4 Å². The topological polar surface area (TPSA) is 79.0 Å². The summed E-state index contributed by atoms with van der Waals surface area (Å²) in [6.45, 7) is 7.20. The number of carbonyl (C=O) groups excluding carboxylic acids is 3. The van der Waals surface area contributed by atoms with Crippen LogP contribution in [0.5, 0.6) is 0 Å². The van der Waals surface area contributed by atoms with Gasteiger partial charge in [-0.3, -0.25) is 19.4 Å². The van der Waals surface area contributed by atoms with Gasteiger partial charge in [0.25, 0.3) is 0 Å². The first-order valence-electron chi connectivity index (χ1n) is 7.33. The molecule has 0 spiro atoms. The highest BCUT2D eigenvalue weighted by atomic mass is 16.6. The monoisotopic (exact) mass is 297 g/mol. The SMILES string of the molecule is CC(C)(C)OC(=O)[C@@H]1CCCN1CCN1C(=O)CNC1=O. The van der Waals surface area contributed by atoms with Gasteiger partial charge in [0.1, 0.15) is 11.6 Å². The fourth-order valence-electron chi connectivity index (χ4n) is 2.64. The molecule has 0 aromatic rings. The van der Waals surface area contributed by atoms with Gasteiger partial charge in [0.15, 0.2) is 0 Å². The quantitative estimate of drug-likeness (QED) is 0.598. The van der Waals surface area contributed by atoms with Gasteiger partial charge in [0, 0.05) is 13.1 Å². The van der Waals surface area contributed by atoms with Gasteiger partial charge in [0.05, 0.1) is 6.54 Å². The molecule has 7 nitrogen and oxygen atoms in total. The summed E-state index contributed by atoms with van der Waals surface area (Å²) >= 11 is 0. The average Bonchev–Trinajstić information content (AvgIpc) is 2.93. The molecule has 2 aliphatic rings. The van der Waals surface area contributed by atoms with Crippen LogP contribution in [0, 0.1) is 0 Å². The van der Waals surface area contributed by atoms with Crippen LogP contribution in [-0.4, -0.2) is 65.5 Å². The molecule has 2 saturated heterocycles. The number of urea groups is 1. The summed E-state index contributed by atoms with van der Waals surface area (Å²) in [6, 6.07) is -0.627. The lowest BCUT2D eigenvalue weighted by atomic mass is 10.1. The third-order valence-electron chi connectivity index (χ3n) is 3.59. The van der Waals surface area contributed by atoms with Crippen LogP contribution in [0.3, 0.4) is 0 Å². The Morgan fingerprint density at radius 2 is 2.05 bits per heavy atom. The number of likely N-dealkylation sites (tertiary alicyclic amines) is 1. The predicted molar refractivity (Wildman–Crippen MR) is 75.6 cm³/mol. The Morgan fingerprint density at radius 3 is 2.62 bits per heavy atom. The number of rotatable bonds is 4. The van der Waals surface area contributed by atoms with Crippen molar-refractivity contribution in [2.75, 3.05) is 26.2 Å². The molecule has 2 heterocycles. The van der Waals surface area contributed by atoms with Gasteiger partial charge < -0.3 is 10.1 Å². The third kappa shape index (κ3) is 3.93. The molecule has 1 atom stereocenters. The number of hydrogen-bond donors (Lipinski definition) is 1. The smallest absolute Gasteiger partial charge is 0.324 e. The van der Waals surface area contributed by atoms with E-state index in [0.717, 1.165) is 19.4 Å². The van der Waals surface area contributed by atoms with Gasteiger partial charge in [-0.2, -0.15) is 0 Å². The number of ether oxygens (including phenoxy) is 1. The van der Waals surface area contributed by atoms with Gasteiger partial charge in [-0.05, 0) is 40.2 Å². The molecular weight excluding hydrogens is 274 g/mol. The van der Waals surface area contributed by atoms with E-state index < -0.39 is 5.60 Å². The number of nitrogens with one attached hydrogen (secondary N) is 1. The Hall–Kier alpha value is -1.63. The highest BCUT2D eigenvalue weighted by Gasteiger charge is 2.35. The molecule has 2 fully saturated rings. The zero-order chi connectivity index (χ0) is 15.6. The molecule has 0 radical (unpaired) electrons. The maximum absolute atomic E-state index is 12.2. The Labute approximate surface area is 124 Å². The van der Waals surface area contributed by atoms with E-state index in [2.05, 4.69) is 5.32 Å². The minimum Gasteiger partial charge on any atom is -0.459 e. The van der Waals surface area contributed by atoms with Gasteiger partial charge in [-0.15, -0.1) is 0 Å². The fourth-order valence-corrected chi connectivity index (χ4v) is 2.64. The molecule has 0 aromatic carbocycles. The first kappa shape index (κ1) is 15.8. The molecule has 7 heteroatoms. The largest absolute Gasteiger partial charge is 0.459 e. The second kappa shape index (κ2) is 6.01. The Bertz CT molecular complexity index is 428. The minimum atomic E-state index is -0.504. The summed E-state index contributed by atoms with van der Waals surface area (Å²) in [4.78, 5) is 38.4. The van der Waals surface area contributed by atoms with Crippen molar-refractivity contribution >= 4 is 17.9 Å². The maximum Gasteiger partial charge on any atom is 0.324 e. The minimum absolute atomic E-state index is 0.0638. The van der Waals surface area contributed by atoms with Gasteiger partial charge >= 0.3 is 12.0 Å². The summed E-state index contributed by atoms with van der Waals surface area (Å²) in [5.74, 6) is -0.440. The average molecular weight is 297 g/mol. The molecule has 118 valence electrons. The van der Waals surface area contributed by atoms with Crippen molar-refractivity contribution in [3.8, 4) is 0 Å². The number of esters is 1. The van der Waals surface area contributed by atoms with Crippen LogP contribution in [0.25, 0.3) is 0 Å². The van der Waals surface area contributed by atoms with Crippen LogP contribution < -0.4 is 5.32 Å². The van der Waals surface area contributed by atoms with Crippen LogP contribution in [-0.2, 0) is 14.3 Å². The summed E-state index contributed by atoms with van der Waals surface area (Å²) in [7, 11) is 0. The number of nitrogens with zero attached hydrogens (tertiary/aromatic N) is 2. The highest BCUT2D eigenvalue weighted by Crippen LogP contribution is 2.21. The van der Waals surface area contributed by atoms with Crippen LogP contribution in [0.4, 0.5) is 4.79 Å². The highest BCUT2D eigenvalue weighted by molar-refractivity contribution is 6.01. The zero-order valence-electron chi connectivity index (χ0n) is 12.8. The standard InChI is InChI=1S/C14H23N3O4/c1-14(2,3)21-12(19)10-5-4-6-16(10)7-8-17-11(18)9-15-13(17)20/h10H,4-9H2,1-3H3,(H,15,20)/t10-/m0/s1.